The second-order valence-corrected chi connectivity index (χ2v) is 6.42. The first-order valence-corrected chi connectivity index (χ1v) is 8.74. The molecule has 0 radical (unpaired) electrons. The lowest BCUT2D eigenvalue weighted by molar-refractivity contribution is -0.384. The van der Waals surface area contributed by atoms with Gasteiger partial charge in [-0.25, -0.2) is 0 Å². The van der Waals surface area contributed by atoms with Crippen molar-refractivity contribution >= 4 is 34.6 Å². The van der Waals surface area contributed by atoms with Gasteiger partial charge in [-0.15, -0.1) is 0 Å². The van der Waals surface area contributed by atoms with Gasteiger partial charge in [-0.3, -0.25) is 14.9 Å². The summed E-state index contributed by atoms with van der Waals surface area (Å²) < 4.78 is 0. The molecule has 0 aliphatic carbocycles. The maximum Gasteiger partial charge on any atom is 0.305 e. The Labute approximate surface area is 156 Å². The Morgan fingerprint density at radius 3 is 2.65 bits per heavy atom. The molecule has 1 heterocycles. The second-order valence-electron chi connectivity index (χ2n) is 5.98. The third kappa shape index (κ3) is 4.12. The van der Waals surface area contributed by atoms with Crippen molar-refractivity contribution < 1.29 is 9.72 Å². The normalized spacial score (nSPS) is 14.6. The van der Waals surface area contributed by atoms with Crippen LogP contribution in [0, 0.1) is 10.1 Å². The van der Waals surface area contributed by atoms with Crippen LogP contribution in [0.5, 0.6) is 0 Å². The molecule has 1 amide bonds. The van der Waals surface area contributed by atoms with Gasteiger partial charge in [0.2, 0.25) is 0 Å². The third-order valence-electron chi connectivity index (χ3n) is 4.22. The van der Waals surface area contributed by atoms with E-state index in [-0.39, 0.29) is 11.3 Å². The van der Waals surface area contributed by atoms with E-state index < -0.39 is 10.8 Å². The molecule has 26 heavy (non-hydrogen) atoms. The Bertz CT molecular complexity index is 803. The maximum atomic E-state index is 12.6. The zero-order chi connectivity index (χ0) is 18.5. The molecule has 8 heteroatoms. The number of anilines is 2. The minimum atomic E-state index is -0.520. The van der Waals surface area contributed by atoms with Gasteiger partial charge in [0, 0.05) is 30.3 Å². The average Bonchev–Trinajstić information content (AvgIpc) is 2.92. The predicted octanol–water partition coefficient (Wildman–Crippen LogP) is 3.30. The van der Waals surface area contributed by atoms with Gasteiger partial charge >= 0.3 is 5.69 Å². The number of nitro groups is 1. The lowest BCUT2D eigenvalue weighted by Crippen LogP contribution is -2.29. The highest BCUT2D eigenvalue weighted by molar-refractivity contribution is 6.30. The molecular weight excluding hydrogens is 356 g/mol. The highest BCUT2D eigenvalue weighted by Crippen LogP contribution is 2.32. The summed E-state index contributed by atoms with van der Waals surface area (Å²) in [6.45, 7) is 2.98. The summed E-state index contributed by atoms with van der Waals surface area (Å²) in [5, 5.41) is 18.2. The van der Waals surface area contributed by atoms with Crippen LogP contribution in [0.3, 0.4) is 0 Å². The molecule has 136 valence electrons. The van der Waals surface area contributed by atoms with Gasteiger partial charge in [0.1, 0.15) is 11.3 Å². The van der Waals surface area contributed by atoms with Crippen molar-refractivity contribution in [1.82, 2.24) is 5.32 Å². The van der Waals surface area contributed by atoms with E-state index in [2.05, 4.69) is 10.6 Å². The molecular formula is C18H19ClN4O3. The summed E-state index contributed by atoms with van der Waals surface area (Å²) in [5.74, 6) is -0.520. The van der Waals surface area contributed by atoms with E-state index >= 15 is 0 Å². The van der Waals surface area contributed by atoms with E-state index in [0.29, 0.717) is 29.5 Å². The maximum absolute atomic E-state index is 12.6. The molecule has 7 nitrogen and oxygen atoms in total. The monoisotopic (exact) mass is 374 g/mol. The van der Waals surface area contributed by atoms with Gasteiger partial charge in [-0.05, 0) is 49.4 Å². The minimum absolute atomic E-state index is 0.0413. The van der Waals surface area contributed by atoms with E-state index in [0.717, 1.165) is 19.5 Å². The quantitative estimate of drug-likeness (QED) is 0.633. The van der Waals surface area contributed by atoms with Crippen LogP contribution in [0.1, 0.15) is 16.8 Å². The van der Waals surface area contributed by atoms with Crippen LogP contribution in [0.4, 0.5) is 17.1 Å². The van der Waals surface area contributed by atoms with Crippen LogP contribution >= 0.6 is 11.6 Å². The molecule has 0 saturated carbocycles. The van der Waals surface area contributed by atoms with Crippen LogP contribution in [0.2, 0.25) is 5.02 Å². The summed E-state index contributed by atoms with van der Waals surface area (Å²) in [5.41, 5.74) is 0.876. The number of halogens is 1. The molecule has 2 aromatic carbocycles. The second kappa shape index (κ2) is 8.16. The number of carbonyl (C=O) groups is 1. The summed E-state index contributed by atoms with van der Waals surface area (Å²) in [6.07, 6.45) is 0.887. The number of hydrogen-bond acceptors (Lipinski definition) is 5. The molecule has 0 spiro atoms. The minimum Gasteiger partial charge on any atom is -0.365 e. The summed E-state index contributed by atoms with van der Waals surface area (Å²) in [4.78, 5) is 25.9. The molecule has 0 atom stereocenters. The first-order valence-electron chi connectivity index (χ1n) is 8.36. The van der Waals surface area contributed by atoms with Crippen LogP contribution in [0.25, 0.3) is 0 Å². The van der Waals surface area contributed by atoms with Crippen LogP contribution in [-0.2, 0) is 0 Å². The highest BCUT2D eigenvalue weighted by Gasteiger charge is 2.27. The highest BCUT2D eigenvalue weighted by atomic mass is 35.5. The van der Waals surface area contributed by atoms with E-state index in [1.54, 1.807) is 36.4 Å². The zero-order valence-electron chi connectivity index (χ0n) is 14.1. The van der Waals surface area contributed by atoms with Crippen LogP contribution < -0.4 is 15.5 Å². The molecule has 2 aromatic rings. The molecule has 0 bridgehead atoms. The van der Waals surface area contributed by atoms with Crippen molar-refractivity contribution in [2.45, 2.75) is 6.42 Å². The van der Waals surface area contributed by atoms with Gasteiger partial charge in [0.25, 0.3) is 5.91 Å². The predicted molar refractivity (Wildman–Crippen MR) is 102 cm³/mol. The average molecular weight is 375 g/mol. The van der Waals surface area contributed by atoms with Crippen molar-refractivity contribution in [1.29, 1.82) is 0 Å². The smallest absolute Gasteiger partial charge is 0.305 e. The summed E-state index contributed by atoms with van der Waals surface area (Å²) >= 11 is 5.84. The first kappa shape index (κ1) is 18.2. The summed E-state index contributed by atoms with van der Waals surface area (Å²) in [6, 6.07) is 11.4. The van der Waals surface area contributed by atoms with Gasteiger partial charge in [0.05, 0.1) is 4.92 Å². The Morgan fingerprint density at radius 2 is 1.92 bits per heavy atom. The largest absolute Gasteiger partial charge is 0.365 e. The molecule has 1 saturated heterocycles. The van der Waals surface area contributed by atoms with E-state index in [4.69, 9.17) is 11.6 Å². The van der Waals surface area contributed by atoms with Crippen LogP contribution in [0.15, 0.2) is 42.5 Å². The van der Waals surface area contributed by atoms with Crippen molar-refractivity contribution in [2.75, 3.05) is 36.4 Å². The van der Waals surface area contributed by atoms with Gasteiger partial charge in [-0.2, -0.15) is 0 Å². The van der Waals surface area contributed by atoms with Gasteiger partial charge in [0.15, 0.2) is 0 Å². The van der Waals surface area contributed by atoms with E-state index in [1.807, 2.05) is 4.90 Å². The fourth-order valence-electron chi connectivity index (χ4n) is 2.98. The summed E-state index contributed by atoms with van der Waals surface area (Å²) in [7, 11) is 0. The molecule has 1 fully saturated rings. The van der Waals surface area contributed by atoms with Crippen molar-refractivity contribution in [3.63, 3.8) is 0 Å². The fourth-order valence-corrected chi connectivity index (χ4v) is 3.11. The Hall–Kier alpha value is -2.64. The van der Waals surface area contributed by atoms with Crippen LogP contribution in [-0.4, -0.2) is 37.0 Å². The molecule has 1 aliphatic heterocycles. The zero-order valence-corrected chi connectivity index (χ0v) is 14.8. The van der Waals surface area contributed by atoms with Gasteiger partial charge < -0.3 is 15.5 Å². The fraction of sp³-hybridized carbons (Fsp3) is 0.278. The molecule has 3 rings (SSSR count). The molecule has 0 unspecified atom stereocenters. The lowest BCUT2D eigenvalue weighted by Gasteiger charge is -2.22. The number of benzene rings is 2. The molecule has 0 aromatic heterocycles. The Morgan fingerprint density at radius 1 is 1.15 bits per heavy atom. The first-order chi connectivity index (χ1) is 12.6. The van der Waals surface area contributed by atoms with Gasteiger partial charge in [-0.1, -0.05) is 17.7 Å². The number of nitrogens with zero attached hydrogens (tertiary/aromatic N) is 2. The molecule has 2 N–H and O–H groups in total. The number of amides is 1. The third-order valence-corrected chi connectivity index (χ3v) is 4.48. The number of hydrogen-bond donors (Lipinski definition) is 2. The number of nitrogens with one attached hydrogen (secondary N) is 2. The Kier molecular flexibility index (Phi) is 5.70. The Balaban J connectivity index is 1.93. The van der Waals surface area contributed by atoms with Crippen molar-refractivity contribution in [2.24, 2.45) is 0 Å². The SMILES string of the molecule is O=C(Nc1ccc(Cl)cc1)c1cccc(N2CCCNCC2)c1[N+](=O)[O-]. The van der Waals surface area contributed by atoms with Crippen molar-refractivity contribution in [3.8, 4) is 0 Å². The number of para-hydroxylation sites is 1. The van der Waals surface area contributed by atoms with E-state index in [1.165, 1.54) is 6.07 Å². The van der Waals surface area contributed by atoms with Crippen molar-refractivity contribution in [3.05, 3.63) is 63.2 Å². The standard InChI is InChI=1S/C18H19ClN4O3/c19-13-5-7-14(8-6-13)21-18(24)15-3-1-4-16(17(15)23(25)26)22-11-2-9-20-10-12-22/h1,3-8,20H,2,9-12H2,(H,21,24). The van der Waals surface area contributed by atoms with E-state index in [9.17, 15) is 14.9 Å². The lowest BCUT2D eigenvalue weighted by atomic mass is 10.1. The topological polar surface area (TPSA) is 87.5 Å². The molecule has 1 aliphatic rings. The number of carbonyl (C=O) groups excluding carboxylic acids is 1. The number of rotatable bonds is 4. The number of nitro benzene ring substituents is 1.